The van der Waals surface area contributed by atoms with Crippen LogP contribution in [0.25, 0.3) is 0 Å². The predicted octanol–water partition coefficient (Wildman–Crippen LogP) is 2.83. The van der Waals surface area contributed by atoms with E-state index in [0.717, 1.165) is 32.2 Å². The molecule has 1 aliphatic heterocycles. The van der Waals surface area contributed by atoms with Crippen molar-refractivity contribution in [2.45, 2.75) is 31.7 Å². The van der Waals surface area contributed by atoms with Crippen LogP contribution in [0.4, 0.5) is 5.69 Å². The van der Waals surface area contributed by atoms with Gasteiger partial charge in [0, 0.05) is 12.1 Å². The topological polar surface area (TPSA) is 59.6 Å². The molecular formula is C15H21ClN2O3. The van der Waals surface area contributed by atoms with Gasteiger partial charge in [-0.2, -0.15) is 0 Å². The number of halogens is 1. The van der Waals surface area contributed by atoms with Crippen molar-refractivity contribution in [1.82, 2.24) is 5.32 Å². The molecular weight excluding hydrogens is 292 g/mol. The fraction of sp³-hybridized carbons (Fsp3) is 0.533. The number of methoxy groups -OCH3 is 2. The number of carbonyl (C=O) groups excluding carboxylic acids is 1. The molecule has 0 radical (unpaired) electrons. The van der Waals surface area contributed by atoms with E-state index in [1.807, 2.05) is 0 Å². The van der Waals surface area contributed by atoms with Crippen LogP contribution < -0.4 is 20.1 Å². The van der Waals surface area contributed by atoms with E-state index in [1.54, 1.807) is 26.4 Å². The van der Waals surface area contributed by atoms with Gasteiger partial charge >= 0.3 is 0 Å². The minimum Gasteiger partial charge on any atom is -0.493 e. The summed E-state index contributed by atoms with van der Waals surface area (Å²) in [5.74, 6) is 1.00. The van der Waals surface area contributed by atoms with Gasteiger partial charge in [-0.15, -0.1) is 0 Å². The summed E-state index contributed by atoms with van der Waals surface area (Å²) in [7, 11) is 3.09. The molecule has 0 bridgehead atoms. The Bertz CT molecular complexity index is 500. The fourth-order valence-corrected chi connectivity index (χ4v) is 2.62. The zero-order valence-electron chi connectivity index (χ0n) is 12.4. The van der Waals surface area contributed by atoms with Crippen molar-refractivity contribution in [3.05, 3.63) is 17.2 Å². The summed E-state index contributed by atoms with van der Waals surface area (Å²) < 4.78 is 10.4. The summed E-state index contributed by atoms with van der Waals surface area (Å²) in [4.78, 5) is 12.3. The maximum atomic E-state index is 12.3. The predicted molar refractivity (Wildman–Crippen MR) is 83.4 cm³/mol. The summed E-state index contributed by atoms with van der Waals surface area (Å²) in [5, 5.41) is 6.55. The van der Waals surface area contributed by atoms with Crippen LogP contribution in [-0.2, 0) is 4.79 Å². The van der Waals surface area contributed by atoms with Crippen LogP contribution in [-0.4, -0.2) is 32.7 Å². The largest absolute Gasteiger partial charge is 0.493 e. The van der Waals surface area contributed by atoms with Crippen molar-refractivity contribution in [3.8, 4) is 11.5 Å². The van der Waals surface area contributed by atoms with E-state index >= 15 is 0 Å². The number of carbonyl (C=O) groups is 1. The van der Waals surface area contributed by atoms with Gasteiger partial charge in [-0.1, -0.05) is 24.4 Å². The first-order valence-electron chi connectivity index (χ1n) is 7.11. The molecule has 1 atom stereocenters. The van der Waals surface area contributed by atoms with E-state index in [2.05, 4.69) is 10.6 Å². The average molecular weight is 313 g/mol. The molecule has 2 N–H and O–H groups in total. The number of anilines is 1. The molecule has 0 aromatic heterocycles. The lowest BCUT2D eigenvalue weighted by Gasteiger charge is -2.17. The number of amides is 1. The molecule has 0 spiro atoms. The van der Waals surface area contributed by atoms with Gasteiger partial charge in [0.05, 0.1) is 31.0 Å². The van der Waals surface area contributed by atoms with Crippen molar-refractivity contribution in [1.29, 1.82) is 0 Å². The van der Waals surface area contributed by atoms with Gasteiger partial charge < -0.3 is 20.1 Å². The van der Waals surface area contributed by atoms with Crippen LogP contribution in [0.15, 0.2) is 12.1 Å². The van der Waals surface area contributed by atoms with Gasteiger partial charge in [-0.3, -0.25) is 4.79 Å². The molecule has 1 amide bonds. The molecule has 1 fully saturated rings. The number of nitrogens with one attached hydrogen (secondary N) is 2. The van der Waals surface area contributed by atoms with Crippen molar-refractivity contribution < 1.29 is 14.3 Å². The van der Waals surface area contributed by atoms with E-state index in [0.29, 0.717) is 22.2 Å². The third-order valence-electron chi connectivity index (χ3n) is 3.61. The van der Waals surface area contributed by atoms with Gasteiger partial charge in [0.15, 0.2) is 11.5 Å². The van der Waals surface area contributed by atoms with Crippen LogP contribution in [0, 0.1) is 0 Å². The highest BCUT2D eigenvalue weighted by Crippen LogP contribution is 2.36. The van der Waals surface area contributed by atoms with Crippen molar-refractivity contribution in [2.24, 2.45) is 0 Å². The SMILES string of the molecule is COc1cc(Cl)c(NC(=O)C2CCCCCN2)cc1OC. The molecule has 1 heterocycles. The van der Waals surface area contributed by atoms with Gasteiger partial charge in [0.25, 0.3) is 0 Å². The maximum Gasteiger partial charge on any atom is 0.241 e. The number of rotatable bonds is 4. The Morgan fingerprint density at radius 1 is 1.24 bits per heavy atom. The zero-order valence-corrected chi connectivity index (χ0v) is 13.1. The first-order valence-corrected chi connectivity index (χ1v) is 7.49. The Kier molecular flexibility index (Phi) is 5.70. The monoisotopic (exact) mass is 312 g/mol. The molecule has 5 nitrogen and oxygen atoms in total. The molecule has 1 saturated heterocycles. The first-order chi connectivity index (χ1) is 10.2. The third kappa shape index (κ3) is 4.02. The minimum atomic E-state index is -0.170. The molecule has 116 valence electrons. The standard InChI is InChI=1S/C15H21ClN2O3/c1-20-13-8-10(16)12(9-14(13)21-2)18-15(19)11-6-4-3-5-7-17-11/h8-9,11,17H,3-7H2,1-2H3,(H,18,19). The summed E-state index contributed by atoms with van der Waals surface area (Å²) in [6, 6.07) is 3.14. The number of hydrogen-bond donors (Lipinski definition) is 2. The molecule has 1 aromatic carbocycles. The quantitative estimate of drug-likeness (QED) is 0.897. The molecule has 0 aliphatic carbocycles. The third-order valence-corrected chi connectivity index (χ3v) is 3.92. The zero-order chi connectivity index (χ0) is 15.2. The fourth-order valence-electron chi connectivity index (χ4n) is 2.42. The van der Waals surface area contributed by atoms with Crippen LogP contribution >= 0.6 is 11.6 Å². The molecule has 1 aromatic rings. The van der Waals surface area contributed by atoms with Crippen LogP contribution in [0.3, 0.4) is 0 Å². The maximum absolute atomic E-state index is 12.3. The summed E-state index contributed by atoms with van der Waals surface area (Å²) in [6.07, 6.45) is 4.18. The molecule has 0 saturated carbocycles. The van der Waals surface area contributed by atoms with Crippen molar-refractivity contribution >= 4 is 23.2 Å². The van der Waals surface area contributed by atoms with E-state index < -0.39 is 0 Å². The van der Waals surface area contributed by atoms with Crippen molar-refractivity contribution in [2.75, 3.05) is 26.1 Å². The van der Waals surface area contributed by atoms with E-state index in [-0.39, 0.29) is 11.9 Å². The molecule has 1 aliphatic rings. The highest BCUT2D eigenvalue weighted by atomic mass is 35.5. The number of hydrogen-bond acceptors (Lipinski definition) is 4. The molecule has 6 heteroatoms. The highest BCUT2D eigenvalue weighted by molar-refractivity contribution is 6.34. The molecule has 1 unspecified atom stereocenters. The Balaban J connectivity index is 2.12. The van der Waals surface area contributed by atoms with E-state index in [9.17, 15) is 4.79 Å². The van der Waals surface area contributed by atoms with Gasteiger partial charge in [0.2, 0.25) is 5.91 Å². The molecule has 2 rings (SSSR count). The van der Waals surface area contributed by atoms with Crippen LogP contribution in [0.1, 0.15) is 25.7 Å². The van der Waals surface area contributed by atoms with Gasteiger partial charge in [0.1, 0.15) is 0 Å². The lowest BCUT2D eigenvalue weighted by atomic mass is 10.1. The number of benzene rings is 1. The summed E-state index contributed by atoms with van der Waals surface area (Å²) in [6.45, 7) is 0.873. The van der Waals surface area contributed by atoms with Crippen LogP contribution in [0.5, 0.6) is 11.5 Å². The smallest absolute Gasteiger partial charge is 0.241 e. The Morgan fingerprint density at radius 2 is 1.95 bits per heavy atom. The lowest BCUT2D eigenvalue weighted by Crippen LogP contribution is -2.39. The Morgan fingerprint density at radius 3 is 2.67 bits per heavy atom. The van der Waals surface area contributed by atoms with E-state index in [1.165, 1.54) is 0 Å². The normalized spacial score (nSPS) is 18.7. The Hall–Kier alpha value is -1.46. The lowest BCUT2D eigenvalue weighted by molar-refractivity contribution is -0.118. The number of ether oxygens (including phenoxy) is 2. The van der Waals surface area contributed by atoms with Gasteiger partial charge in [-0.05, 0) is 19.4 Å². The first kappa shape index (κ1) is 15.9. The van der Waals surface area contributed by atoms with Gasteiger partial charge in [-0.25, -0.2) is 0 Å². The second-order valence-electron chi connectivity index (χ2n) is 5.03. The second-order valence-corrected chi connectivity index (χ2v) is 5.44. The second kappa shape index (κ2) is 7.52. The van der Waals surface area contributed by atoms with E-state index in [4.69, 9.17) is 21.1 Å². The highest BCUT2D eigenvalue weighted by Gasteiger charge is 2.21. The Labute approximate surface area is 130 Å². The van der Waals surface area contributed by atoms with Crippen LogP contribution in [0.2, 0.25) is 5.02 Å². The minimum absolute atomic E-state index is 0.0639. The van der Waals surface area contributed by atoms with Crippen molar-refractivity contribution in [3.63, 3.8) is 0 Å². The molecule has 21 heavy (non-hydrogen) atoms. The summed E-state index contributed by atoms with van der Waals surface area (Å²) in [5.41, 5.74) is 0.533. The average Bonchev–Trinajstić information content (AvgIpc) is 2.78. The summed E-state index contributed by atoms with van der Waals surface area (Å²) >= 11 is 6.18.